The van der Waals surface area contributed by atoms with Gasteiger partial charge in [-0.3, -0.25) is 14.2 Å². The molecule has 1 aromatic carbocycles. The van der Waals surface area contributed by atoms with E-state index in [2.05, 4.69) is 27.2 Å². The highest BCUT2D eigenvalue weighted by molar-refractivity contribution is 6.09. The number of hydrogen-bond donors (Lipinski definition) is 2. The van der Waals surface area contributed by atoms with E-state index in [9.17, 15) is 4.79 Å². The molecule has 0 bridgehead atoms. The number of ketones is 1. The minimum Gasteiger partial charge on any atom is -0.383 e. The molecule has 150 valence electrons. The highest BCUT2D eigenvalue weighted by atomic mass is 16.1. The van der Waals surface area contributed by atoms with E-state index in [-0.39, 0.29) is 11.8 Å². The molecule has 0 spiro atoms. The molecule has 4 aromatic rings. The number of Topliss-reactive ketones (excluding diaryl/α,β-unsaturated/α-hetero) is 1. The summed E-state index contributed by atoms with van der Waals surface area (Å²) < 4.78 is 3.68. The van der Waals surface area contributed by atoms with Crippen molar-refractivity contribution in [3.63, 3.8) is 0 Å². The van der Waals surface area contributed by atoms with E-state index in [0.717, 1.165) is 36.0 Å². The minimum absolute atomic E-state index is 0.0697. The monoisotopic (exact) mass is 399 g/mol. The lowest BCUT2D eigenvalue weighted by Crippen LogP contribution is -2.15. The number of fused-ring (bicyclic) bond motifs is 2. The zero-order valence-electron chi connectivity index (χ0n) is 16.8. The Morgan fingerprint density at radius 1 is 1.30 bits per heavy atom. The van der Waals surface area contributed by atoms with Gasteiger partial charge in [0, 0.05) is 36.9 Å². The van der Waals surface area contributed by atoms with Crippen LogP contribution in [0.15, 0.2) is 30.6 Å². The second kappa shape index (κ2) is 6.97. The van der Waals surface area contributed by atoms with E-state index in [4.69, 9.17) is 10.8 Å². The largest absolute Gasteiger partial charge is 0.383 e. The summed E-state index contributed by atoms with van der Waals surface area (Å²) in [5.74, 6) is 6.59. The molecular formula is C22H21N7O. The van der Waals surface area contributed by atoms with Gasteiger partial charge < -0.3 is 11.1 Å². The standard InChI is InChI=1S/C22H21N7O/c1-13(30)17-11-25-22(23)20-18(27-29(21(17)20)16-7-8-24-10-16)6-4-14-3-5-15-12-28(2)26-19(15)9-14/h3,5,9,11-12,16,24H,7-8,10H2,1-2H3,(H2,23,25)/t16-/m0/s1. The second-order valence-corrected chi connectivity index (χ2v) is 7.60. The third kappa shape index (κ3) is 3.00. The molecule has 0 saturated carbocycles. The van der Waals surface area contributed by atoms with Crippen LogP contribution in [0.4, 0.5) is 5.82 Å². The van der Waals surface area contributed by atoms with Crippen LogP contribution in [-0.4, -0.2) is 43.4 Å². The Balaban J connectivity index is 1.68. The maximum Gasteiger partial charge on any atom is 0.163 e. The zero-order valence-corrected chi connectivity index (χ0v) is 16.8. The molecule has 8 nitrogen and oxygen atoms in total. The molecule has 1 fully saturated rings. The Bertz CT molecular complexity index is 1360. The average molecular weight is 399 g/mol. The Morgan fingerprint density at radius 2 is 2.17 bits per heavy atom. The van der Waals surface area contributed by atoms with Gasteiger partial charge in [-0.05, 0) is 44.0 Å². The van der Waals surface area contributed by atoms with Crippen molar-refractivity contribution < 1.29 is 4.79 Å². The number of nitrogen functional groups attached to an aromatic ring is 1. The van der Waals surface area contributed by atoms with Gasteiger partial charge in [0.15, 0.2) is 5.78 Å². The number of rotatable bonds is 2. The molecule has 3 N–H and O–H groups in total. The van der Waals surface area contributed by atoms with Crippen LogP contribution in [0.3, 0.4) is 0 Å². The van der Waals surface area contributed by atoms with E-state index in [0.29, 0.717) is 28.0 Å². The van der Waals surface area contributed by atoms with Crippen molar-refractivity contribution >= 4 is 33.4 Å². The number of nitrogens with one attached hydrogen (secondary N) is 1. The Morgan fingerprint density at radius 3 is 2.93 bits per heavy atom. The van der Waals surface area contributed by atoms with E-state index >= 15 is 0 Å². The number of aryl methyl sites for hydroxylation is 1. The van der Waals surface area contributed by atoms with Gasteiger partial charge in [0.2, 0.25) is 0 Å². The van der Waals surface area contributed by atoms with E-state index in [1.807, 2.05) is 36.1 Å². The first-order valence-corrected chi connectivity index (χ1v) is 9.85. The summed E-state index contributed by atoms with van der Waals surface area (Å²) in [6.07, 6.45) is 4.43. The number of nitrogens with two attached hydrogens (primary N) is 1. The molecule has 0 aliphatic carbocycles. The van der Waals surface area contributed by atoms with E-state index in [1.165, 1.54) is 13.1 Å². The SMILES string of the molecule is CC(=O)c1cnc(N)c2c(C#Cc3ccc4cn(C)nc4c3)nn([C@H]3CCNC3)c12. The summed E-state index contributed by atoms with van der Waals surface area (Å²) in [7, 11) is 1.89. The van der Waals surface area contributed by atoms with Crippen LogP contribution in [0, 0.1) is 11.8 Å². The Hall–Kier alpha value is -3.70. The lowest BCUT2D eigenvalue weighted by Gasteiger charge is -2.12. The van der Waals surface area contributed by atoms with Gasteiger partial charge in [-0.2, -0.15) is 10.2 Å². The van der Waals surface area contributed by atoms with E-state index in [1.54, 1.807) is 4.68 Å². The normalized spacial score (nSPS) is 16.1. The van der Waals surface area contributed by atoms with Gasteiger partial charge in [0.25, 0.3) is 0 Å². The number of aromatic nitrogens is 5. The van der Waals surface area contributed by atoms with Crippen LogP contribution < -0.4 is 11.1 Å². The molecular weight excluding hydrogens is 378 g/mol. The summed E-state index contributed by atoms with van der Waals surface area (Å²) in [5.41, 5.74) is 9.70. The predicted molar refractivity (Wildman–Crippen MR) is 115 cm³/mol. The van der Waals surface area contributed by atoms with Crippen LogP contribution >= 0.6 is 0 Å². The molecule has 3 aromatic heterocycles. The van der Waals surface area contributed by atoms with Gasteiger partial charge in [-0.15, -0.1) is 0 Å². The quantitative estimate of drug-likeness (QED) is 0.395. The van der Waals surface area contributed by atoms with Crippen LogP contribution in [0.25, 0.3) is 21.8 Å². The molecule has 1 aliphatic rings. The summed E-state index contributed by atoms with van der Waals surface area (Å²) >= 11 is 0. The van der Waals surface area contributed by atoms with Gasteiger partial charge in [0.1, 0.15) is 11.5 Å². The summed E-state index contributed by atoms with van der Waals surface area (Å²) in [6, 6.07) is 6.05. The third-order valence-corrected chi connectivity index (χ3v) is 5.46. The number of carbonyl (C=O) groups excluding carboxylic acids is 1. The summed E-state index contributed by atoms with van der Waals surface area (Å²) in [5, 5.41) is 14.3. The smallest absolute Gasteiger partial charge is 0.163 e. The molecule has 0 unspecified atom stereocenters. The molecule has 1 saturated heterocycles. The van der Waals surface area contributed by atoms with Gasteiger partial charge in [-0.25, -0.2) is 4.98 Å². The van der Waals surface area contributed by atoms with Crippen molar-refractivity contribution in [2.45, 2.75) is 19.4 Å². The highest BCUT2D eigenvalue weighted by Crippen LogP contribution is 2.30. The molecule has 5 rings (SSSR count). The number of carbonyl (C=O) groups is 1. The van der Waals surface area contributed by atoms with Crippen molar-refractivity contribution in [2.75, 3.05) is 18.8 Å². The molecule has 30 heavy (non-hydrogen) atoms. The minimum atomic E-state index is -0.0697. The fourth-order valence-corrected chi connectivity index (χ4v) is 4.00. The third-order valence-electron chi connectivity index (χ3n) is 5.46. The van der Waals surface area contributed by atoms with Crippen molar-refractivity contribution in [2.24, 2.45) is 7.05 Å². The molecule has 0 amide bonds. The number of hydrogen-bond acceptors (Lipinski definition) is 6. The van der Waals surface area contributed by atoms with Gasteiger partial charge >= 0.3 is 0 Å². The maximum absolute atomic E-state index is 12.3. The Kier molecular flexibility index (Phi) is 4.26. The van der Waals surface area contributed by atoms with Crippen molar-refractivity contribution in [3.8, 4) is 11.8 Å². The molecule has 0 radical (unpaired) electrons. The lowest BCUT2D eigenvalue weighted by atomic mass is 10.1. The first kappa shape index (κ1) is 18.3. The first-order chi connectivity index (χ1) is 14.5. The molecule has 8 heteroatoms. The topological polar surface area (TPSA) is 104 Å². The second-order valence-electron chi connectivity index (χ2n) is 7.60. The van der Waals surface area contributed by atoms with Crippen molar-refractivity contribution in [1.29, 1.82) is 0 Å². The fourth-order valence-electron chi connectivity index (χ4n) is 4.00. The number of pyridine rings is 1. The van der Waals surface area contributed by atoms with Gasteiger partial charge in [0.05, 0.1) is 28.0 Å². The van der Waals surface area contributed by atoms with Crippen LogP contribution in [0.2, 0.25) is 0 Å². The number of nitrogens with zero attached hydrogens (tertiary/aromatic N) is 5. The molecule has 1 atom stereocenters. The van der Waals surface area contributed by atoms with Crippen LogP contribution in [0.5, 0.6) is 0 Å². The molecule has 1 aliphatic heterocycles. The Labute approximate surface area is 173 Å². The van der Waals surface area contributed by atoms with Crippen molar-refractivity contribution in [1.82, 2.24) is 29.9 Å². The maximum atomic E-state index is 12.3. The van der Waals surface area contributed by atoms with Gasteiger partial charge in [-0.1, -0.05) is 5.92 Å². The highest BCUT2D eigenvalue weighted by Gasteiger charge is 2.25. The van der Waals surface area contributed by atoms with Crippen molar-refractivity contribution in [3.05, 3.63) is 47.4 Å². The van der Waals surface area contributed by atoms with Crippen LogP contribution in [-0.2, 0) is 7.05 Å². The lowest BCUT2D eigenvalue weighted by molar-refractivity contribution is 0.101. The number of benzene rings is 1. The van der Waals surface area contributed by atoms with Crippen LogP contribution in [0.1, 0.15) is 41.0 Å². The average Bonchev–Trinajstić information content (AvgIpc) is 3.43. The zero-order chi connectivity index (χ0) is 20.8. The predicted octanol–water partition coefficient (Wildman–Crippen LogP) is 2.04. The number of anilines is 1. The summed E-state index contributed by atoms with van der Waals surface area (Å²) in [4.78, 5) is 16.5. The first-order valence-electron chi connectivity index (χ1n) is 9.85. The molecule has 4 heterocycles. The van der Waals surface area contributed by atoms with E-state index < -0.39 is 0 Å². The fraction of sp³-hybridized carbons (Fsp3) is 0.273. The summed E-state index contributed by atoms with van der Waals surface area (Å²) in [6.45, 7) is 3.23.